The molecular formula is C15H24IN7O2S. The normalized spacial score (nSPS) is 11.3. The molecule has 0 bridgehead atoms. The van der Waals surface area contributed by atoms with Gasteiger partial charge in [0.1, 0.15) is 17.4 Å². The van der Waals surface area contributed by atoms with Gasteiger partial charge < -0.3 is 10.6 Å². The summed E-state index contributed by atoms with van der Waals surface area (Å²) in [5.41, 5.74) is 1.08. The van der Waals surface area contributed by atoms with Crippen molar-refractivity contribution in [1.82, 2.24) is 25.4 Å². The van der Waals surface area contributed by atoms with E-state index in [0.29, 0.717) is 31.5 Å². The van der Waals surface area contributed by atoms with Crippen molar-refractivity contribution in [2.75, 3.05) is 13.1 Å². The predicted molar refractivity (Wildman–Crippen MR) is 113 cm³/mol. The summed E-state index contributed by atoms with van der Waals surface area (Å²) in [4.78, 5) is 19.3. The summed E-state index contributed by atoms with van der Waals surface area (Å²) < 4.78 is 1.53. The first-order valence-electron chi connectivity index (χ1n) is 8.13. The summed E-state index contributed by atoms with van der Waals surface area (Å²) in [6.45, 7) is 8.55. The summed E-state index contributed by atoms with van der Waals surface area (Å²) in [5, 5.41) is 24.0. The summed E-state index contributed by atoms with van der Waals surface area (Å²) in [5.74, 6) is 1.10. The number of hydrogen-bond acceptors (Lipinski definition) is 6. The van der Waals surface area contributed by atoms with Crippen molar-refractivity contribution < 1.29 is 4.92 Å². The van der Waals surface area contributed by atoms with Crippen LogP contribution in [-0.4, -0.2) is 38.7 Å². The molecule has 144 valence electrons. The maximum Gasteiger partial charge on any atom is 0.306 e. The summed E-state index contributed by atoms with van der Waals surface area (Å²) in [6, 6.07) is 0. The van der Waals surface area contributed by atoms with Crippen LogP contribution in [0.5, 0.6) is 0 Å². The van der Waals surface area contributed by atoms with E-state index >= 15 is 0 Å². The molecule has 0 atom stereocenters. The van der Waals surface area contributed by atoms with E-state index in [-0.39, 0.29) is 29.7 Å². The first-order chi connectivity index (χ1) is 12.0. The standard InChI is InChI=1S/C15H23N7O2S.HI/c1-4-16-15(18-8-14-20-13(10-25-14)11(2)3)17-5-6-21-9-12(7-19-21)22(23)24;/h7,9-11H,4-6,8H2,1-3H3,(H2,16,17,18);1H. The summed E-state index contributed by atoms with van der Waals surface area (Å²) in [6.07, 6.45) is 2.66. The lowest BCUT2D eigenvalue weighted by molar-refractivity contribution is -0.385. The lowest BCUT2D eigenvalue weighted by atomic mass is 10.2. The molecule has 2 heterocycles. The zero-order valence-corrected chi connectivity index (χ0v) is 18.2. The minimum Gasteiger partial charge on any atom is -0.357 e. The van der Waals surface area contributed by atoms with Gasteiger partial charge >= 0.3 is 5.69 Å². The number of hydrogen-bond donors (Lipinski definition) is 2. The van der Waals surface area contributed by atoms with E-state index in [1.54, 1.807) is 11.3 Å². The minimum absolute atomic E-state index is 0. The Hall–Kier alpha value is -1.76. The molecule has 0 fully saturated rings. The molecule has 0 radical (unpaired) electrons. The van der Waals surface area contributed by atoms with E-state index < -0.39 is 4.92 Å². The predicted octanol–water partition coefficient (Wildman–Crippen LogP) is 2.74. The Kier molecular flexibility index (Phi) is 9.48. The van der Waals surface area contributed by atoms with Gasteiger partial charge in [-0.3, -0.25) is 14.8 Å². The second-order valence-corrected chi connectivity index (χ2v) is 6.60. The molecule has 0 aliphatic heterocycles. The highest BCUT2D eigenvalue weighted by Gasteiger charge is 2.09. The maximum atomic E-state index is 10.6. The molecule has 2 aromatic heterocycles. The van der Waals surface area contributed by atoms with Crippen molar-refractivity contribution in [1.29, 1.82) is 0 Å². The maximum absolute atomic E-state index is 10.6. The average molecular weight is 493 g/mol. The van der Waals surface area contributed by atoms with E-state index in [9.17, 15) is 10.1 Å². The van der Waals surface area contributed by atoms with Crippen LogP contribution in [0.1, 0.15) is 37.4 Å². The first-order valence-corrected chi connectivity index (χ1v) is 9.01. The van der Waals surface area contributed by atoms with Crippen molar-refractivity contribution in [3.8, 4) is 0 Å². The molecule has 0 aliphatic carbocycles. The smallest absolute Gasteiger partial charge is 0.306 e. The van der Waals surface area contributed by atoms with Crippen molar-refractivity contribution in [3.05, 3.63) is 38.6 Å². The fraction of sp³-hybridized carbons (Fsp3) is 0.533. The summed E-state index contributed by atoms with van der Waals surface area (Å²) in [7, 11) is 0. The number of guanidine groups is 1. The van der Waals surface area contributed by atoms with Crippen LogP contribution in [0.15, 0.2) is 22.8 Å². The van der Waals surface area contributed by atoms with E-state index in [4.69, 9.17) is 0 Å². The Morgan fingerprint density at radius 3 is 2.81 bits per heavy atom. The molecule has 26 heavy (non-hydrogen) atoms. The van der Waals surface area contributed by atoms with Crippen LogP contribution in [0.4, 0.5) is 5.69 Å². The molecule has 0 aliphatic rings. The number of nitrogens with zero attached hydrogens (tertiary/aromatic N) is 5. The SMILES string of the molecule is CCNC(=NCc1nc(C(C)C)cs1)NCCn1cc([N+](=O)[O-])cn1.I. The molecule has 2 rings (SSSR count). The van der Waals surface area contributed by atoms with Crippen molar-refractivity contribution in [2.24, 2.45) is 4.99 Å². The fourth-order valence-electron chi connectivity index (χ4n) is 2.01. The lowest BCUT2D eigenvalue weighted by Gasteiger charge is -2.10. The van der Waals surface area contributed by atoms with E-state index in [2.05, 4.69) is 44.9 Å². The van der Waals surface area contributed by atoms with Crippen LogP contribution in [0.3, 0.4) is 0 Å². The number of aromatic nitrogens is 3. The van der Waals surface area contributed by atoms with Crippen LogP contribution in [0, 0.1) is 10.1 Å². The van der Waals surface area contributed by atoms with Crippen LogP contribution >= 0.6 is 35.3 Å². The third kappa shape index (κ3) is 6.86. The third-order valence-corrected chi connectivity index (χ3v) is 4.19. The van der Waals surface area contributed by atoms with Gasteiger partial charge in [0, 0.05) is 18.5 Å². The van der Waals surface area contributed by atoms with Gasteiger partial charge in [-0.05, 0) is 12.8 Å². The van der Waals surface area contributed by atoms with Gasteiger partial charge in [0.05, 0.1) is 23.7 Å². The van der Waals surface area contributed by atoms with E-state index in [1.807, 2.05) is 6.92 Å². The van der Waals surface area contributed by atoms with Gasteiger partial charge in [0.25, 0.3) is 0 Å². The van der Waals surface area contributed by atoms with Crippen molar-refractivity contribution >= 4 is 47.0 Å². The zero-order chi connectivity index (χ0) is 18.2. The Morgan fingerprint density at radius 1 is 1.46 bits per heavy atom. The Labute approximate surface area is 173 Å². The Morgan fingerprint density at radius 2 is 2.23 bits per heavy atom. The zero-order valence-electron chi connectivity index (χ0n) is 15.0. The van der Waals surface area contributed by atoms with Crippen LogP contribution < -0.4 is 10.6 Å². The molecule has 0 unspecified atom stereocenters. The quantitative estimate of drug-likeness (QED) is 0.192. The number of thiazole rings is 1. The summed E-state index contributed by atoms with van der Waals surface area (Å²) >= 11 is 1.61. The van der Waals surface area contributed by atoms with Gasteiger partial charge in [-0.15, -0.1) is 35.3 Å². The van der Waals surface area contributed by atoms with Gasteiger partial charge in [-0.25, -0.2) is 9.98 Å². The minimum atomic E-state index is -0.456. The van der Waals surface area contributed by atoms with Gasteiger partial charge in [-0.1, -0.05) is 13.8 Å². The van der Waals surface area contributed by atoms with E-state index in [1.165, 1.54) is 17.1 Å². The fourth-order valence-corrected chi connectivity index (χ4v) is 2.89. The van der Waals surface area contributed by atoms with Gasteiger partial charge in [0.15, 0.2) is 5.96 Å². The van der Waals surface area contributed by atoms with Crippen LogP contribution in [0.2, 0.25) is 0 Å². The molecule has 0 saturated heterocycles. The largest absolute Gasteiger partial charge is 0.357 e. The second kappa shape index (κ2) is 11.1. The lowest BCUT2D eigenvalue weighted by Crippen LogP contribution is -2.38. The van der Waals surface area contributed by atoms with Crippen molar-refractivity contribution in [3.63, 3.8) is 0 Å². The van der Waals surface area contributed by atoms with Crippen LogP contribution in [-0.2, 0) is 13.1 Å². The van der Waals surface area contributed by atoms with Crippen molar-refractivity contribution in [2.45, 2.75) is 39.8 Å². The number of nitrogens with one attached hydrogen (secondary N) is 2. The van der Waals surface area contributed by atoms with Gasteiger partial charge in [-0.2, -0.15) is 5.10 Å². The Bertz CT molecular complexity index is 729. The second-order valence-electron chi connectivity index (χ2n) is 5.66. The Balaban J connectivity index is 0.00000338. The number of rotatable bonds is 8. The molecule has 2 aromatic rings. The van der Waals surface area contributed by atoms with Gasteiger partial charge in [0.2, 0.25) is 0 Å². The first kappa shape index (κ1) is 22.3. The van der Waals surface area contributed by atoms with E-state index in [0.717, 1.165) is 17.2 Å². The number of aliphatic imine (C=N–C) groups is 1. The average Bonchev–Trinajstić information content (AvgIpc) is 3.22. The molecule has 0 saturated carbocycles. The number of halogens is 1. The topological polar surface area (TPSA) is 110 Å². The highest BCUT2D eigenvalue weighted by atomic mass is 127. The molecule has 11 heteroatoms. The molecule has 0 spiro atoms. The highest BCUT2D eigenvalue weighted by Crippen LogP contribution is 2.18. The molecule has 0 amide bonds. The molecule has 2 N–H and O–H groups in total. The monoisotopic (exact) mass is 493 g/mol. The molecular weight excluding hydrogens is 469 g/mol. The molecule has 9 nitrogen and oxygen atoms in total. The third-order valence-electron chi connectivity index (χ3n) is 3.34. The number of nitro groups is 1. The van der Waals surface area contributed by atoms with Crippen LogP contribution in [0.25, 0.3) is 0 Å². The molecule has 0 aromatic carbocycles. The highest BCUT2D eigenvalue weighted by molar-refractivity contribution is 14.0.